The van der Waals surface area contributed by atoms with Crippen molar-refractivity contribution in [2.75, 3.05) is 0 Å². The van der Waals surface area contributed by atoms with E-state index >= 15 is 0 Å². The Morgan fingerprint density at radius 2 is 2.08 bits per heavy atom. The fourth-order valence-corrected chi connectivity index (χ4v) is 1.02. The van der Waals surface area contributed by atoms with Gasteiger partial charge in [-0.25, -0.2) is 0 Å². The van der Waals surface area contributed by atoms with E-state index in [1.165, 1.54) is 0 Å². The van der Waals surface area contributed by atoms with Crippen molar-refractivity contribution in [3.63, 3.8) is 0 Å². The summed E-state index contributed by atoms with van der Waals surface area (Å²) in [7, 11) is 0. The lowest BCUT2D eigenvalue weighted by molar-refractivity contribution is -0.115. The maximum Gasteiger partial charge on any atom is 0.323 e. The van der Waals surface area contributed by atoms with E-state index in [0.29, 0.717) is 0 Å². The molecule has 0 heterocycles. The molecule has 0 saturated carbocycles. The third-order valence-electron chi connectivity index (χ3n) is 1.70. The molecule has 66 valence electrons. The Morgan fingerprint density at radius 3 is 2.62 bits per heavy atom. The third-order valence-corrected chi connectivity index (χ3v) is 1.70. The first-order valence-corrected chi connectivity index (χ1v) is 3.98. The lowest BCUT2D eigenvalue weighted by atomic mass is 10.1. The van der Waals surface area contributed by atoms with Crippen molar-refractivity contribution in [3.8, 4) is 0 Å². The Morgan fingerprint density at radius 1 is 1.46 bits per heavy atom. The molecule has 0 aliphatic carbocycles. The second-order valence-electron chi connectivity index (χ2n) is 2.87. The largest absolute Gasteiger partial charge is 0.361 e. The van der Waals surface area contributed by atoms with Gasteiger partial charge in [0.2, 0.25) is 5.78 Å². The Hall–Kier alpha value is -1.73. The average Bonchev–Trinajstić information content (AvgIpc) is 2.09. The lowest BCUT2D eigenvalue weighted by Crippen LogP contribution is -2.03. The SMILES string of the molecule is Cc1ccc(CC(=O)C=[N+]=[N-])cc1. The van der Waals surface area contributed by atoms with Gasteiger partial charge >= 0.3 is 6.21 Å². The van der Waals surface area contributed by atoms with Gasteiger partial charge in [-0.1, -0.05) is 29.8 Å². The van der Waals surface area contributed by atoms with Crippen molar-refractivity contribution >= 4 is 12.0 Å². The number of carbonyl (C=O) groups excluding carboxylic acids is 1. The van der Waals surface area contributed by atoms with Crippen molar-refractivity contribution < 1.29 is 9.58 Å². The zero-order chi connectivity index (χ0) is 9.68. The second-order valence-corrected chi connectivity index (χ2v) is 2.87. The van der Waals surface area contributed by atoms with E-state index in [0.717, 1.165) is 17.3 Å². The Balaban J connectivity index is 2.69. The molecule has 0 atom stereocenters. The summed E-state index contributed by atoms with van der Waals surface area (Å²) in [6.07, 6.45) is 1.20. The van der Waals surface area contributed by atoms with E-state index in [1.807, 2.05) is 31.2 Å². The molecule has 0 radical (unpaired) electrons. The first-order valence-electron chi connectivity index (χ1n) is 3.98. The fraction of sp³-hybridized carbons (Fsp3) is 0.200. The van der Waals surface area contributed by atoms with Crippen LogP contribution in [0.2, 0.25) is 0 Å². The topological polar surface area (TPSA) is 53.5 Å². The van der Waals surface area contributed by atoms with Gasteiger partial charge in [-0.3, -0.25) is 4.79 Å². The van der Waals surface area contributed by atoms with E-state index in [4.69, 9.17) is 5.53 Å². The molecule has 0 bridgehead atoms. The molecule has 0 saturated heterocycles. The molecular weight excluding hydrogens is 164 g/mol. The molecule has 3 heteroatoms. The molecule has 0 fully saturated rings. The van der Waals surface area contributed by atoms with E-state index < -0.39 is 0 Å². The first-order chi connectivity index (χ1) is 6.22. The number of Topliss-reactive ketones (excluding diaryl/α,β-unsaturated/α-hetero) is 1. The summed E-state index contributed by atoms with van der Waals surface area (Å²) < 4.78 is 0. The predicted molar refractivity (Wildman–Crippen MR) is 49.6 cm³/mol. The molecule has 0 N–H and O–H groups in total. The molecule has 1 aromatic carbocycles. The number of nitrogens with zero attached hydrogens (tertiary/aromatic N) is 2. The van der Waals surface area contributed by atoms with E-state index in [1.54, 1.807) is 0 Å². The van der Waals surface area contributed by atoms with Crippen LogP contribution in [-0.4, -0.2) is 16.8 Å². The highest BCUT2D eigenvalue weighted by molar-refractivity contribution is 6.25. The van der Waals surface area contributed by atoms with Crippen LogP contribution in [0.25, 0.3) is 5.53 Å². The minimum absolute atomic E-state index is 0.202. The number of hydrogen-bond donors (Lipinski definition) is 0. The van der Waals surface area contributed by atoms with Crippen LogP contribution in [0.1, 0.15) is 11.1 Å². The quantitative estimate of drug-likeness (QED) is 0.388. The van der Waals surface area contributed by atoms with Crippen LogP contribution in [-0.2, 0) is 11.2 Å². The van der Waals surface area contributed by atoms with E-state index in [2.05, 4.69) is 4.79 Å². The first kappa shape index (κ1) is 9.36. The summed E-state index contributed by atoms with van der Waals surface area (Å²) in [5.74, 6) is -0.202. The van der Waals surface area contributed by atoms with Crippen LogP contribution in [0, 0.1) is 6.92 Å². The van der Waals surface area contributed by atoms with Crippen molar-refractivity contribution in [1.82, 2.24) is 0 Å². The van der Waals surface area contributed by atoms with Gasteiger partial charge in [0.25, 0.3) is 0 Å². The molecule has 1 rings (SSSR count). The number of hydrogen-bond acceptors (Lipinski definition) is 1. The van der Waals surface area contributed by atoms with E-state index in [9.17, 15) is 4.79 Å². The van der Waals surface area contributed by atoms with Gasteiger partial charge in [0.05, 0.1) is 0 Å². The predicted octanol–water partition coefficient (Wildman–Crippen LogP) is 1.41. The van der Waals surface area contributed by atoms with E-state index in [-0.39, 0.29) is 12.2 Å². The minimum Gasteiger partial charge on any atom is -0.361 e. The fourth-order valence-electron chi connectivity index (χ4n) is 1.02. The molecule has 0 unspecified atom stereocenters. The zero-order valence-electron chi connectivity index (χ0n) is 7.40. The van der Waals surface area contributed by atoms with Crippen LogP contribution in [0.15, 0.2) is 24.3 Å². The minimum atomic E-state index is -0.202. The normalized spacial score (nSPS) is 9.00. The molecule has 0 aliphatic heterocycles. The van der Waals surface area contributed by atoms with Gasteiger partial charge in [0, 0.05) is 6.42 Å². The number of benzene rings is 1. The molecule has 13 heavy (non-hydrogen) atoms. The maximum absolute atomic E-state index is 11.0. The highest BCUT2D eigenvalue weighted by Crippen LogP contribution is 2.03. The smallest absolute Gasteiger partial charge is 0.323 e. The Labute approximate surface area is 76.6 Å². The number of carbonyl (C=O) groups is 1. The average molecular weight is 174 g/mol. The highest BCUT2D eigenvalue weighted by Gasteiger charge is 2.03. The second kappa shape index (κ2) is 4.33. The summed E-state index contributed by atoms with van der Waals surface area (Å²) in [5, 5.41) is 0. The summed E-state index contributed by atoms with van der Waals surface area (Å²) in [6.45, 7) is 1.99. The summed E-state index contributed by atoms with van der Waals surface area (Å²) in [6, 6.07) is 7.66. The van der Waals surface area contributed by atoms with Crippen LogP contribution < -0.4 is 0 Å². The lowest BCUT2D eigenvalue weighted by Gasteiger charge is -1.95. The summed E-state index contributed by atoms with van der Waals surface area (Å²) in [5.41, 5.74) is 10.2. The van der Waals surface area contributed by atoms with Crippen molar-refractivity contribution in [1.29, 1.82) is 0 Å². The molecule has 0 amide bonds. The van der Waals surface area contributed by atoms with Gasteiger partial charge in [0.1, 0.15) is 0 Å². The summed E-state index contributed by atoms with van der Waals surface area (Å²) in [4.78, 5) is 13.7. The molecule has 1 aromatic rings. The Bertz CT molecular complexity index is 348. The molecule has 0 aliphatic rings. The Kier molecular flexibility index (Phi) is 3.12. The third kappa shape index (κ3) is 3.01. The monoisotopic (exact) mass is 174 g/mol. The molecular formula is C10H10N2O. The molecule has 0 spiro atoms. The van der Waals surface area contributed by atoms with Gasteiger partial charge < -0.3 is 5.53 Å². The maximum atomic E-state index is 11.0. The van der Waals surface area contributed by atoms with Crippen LogP contribution >= 0.6 is 0 Å². The number of rotatable bonds is 3. The number of aryl methyl sites for hydroxylation is 1. The molecule has 0 aromatic heterocycles. The highest BCUT2D eigenvalue weighted by atomic mass is 16.1. The summed E-state index contributed by atoms with van der Waals surface area (Å²) >= 11 is 0. The van der Waals surface area contributed by atoms with Crippen LogP contribution in [0.4, 0.5) is 0 Å². The van der Waals surface area contributed by atoms with Crippen LogP contribution in [0.5, 0.6) is 0 Å². The zero-order valence-corrected chi connectivity index (χ0v) is 7.40. The van der Waals surface area contributed by atoms with Gasteiger partial charge in [0.15, 0.2) is 0 Å². The molecule has 3 nitrogen and oxygen atoms in total. The van der Waals surface area contributed by atoms with Gasteiger partial charge in [-0.05, 0) is 12.5 Å². The number of ketones is 1. The van der Waals surface area contributed by atoms with Gasteiger partial charge in [-0.2, -0.15) is 4.79 Å². The van der Waals surface area contributed by atoms with Crippen molar-refractivity contribution in [2.45, 2.75) is 13.3 Å². The van der Waals surface area contributed by atoms with Crippen molar-refractivity contribution in [2.24, 2.45) is 0 Å². The van der Waals surface area contributed by atoms with Gasteiger partial charge in [-0.15, -0.1) is 0 Å². The standard InChI is InChI=1S/C10H10N2O/c1-8-2-4-9(5-3-8)6-10(13)7-12-11/h2-5,7H,6H2,1H3. The van der Waals surface area contributed by atoms with Crippen LogP contribution in [0.3, 0.4) is 0 Å². The van der Waals surface area contributed by atoms with Crippen molar-refractivity contribution in [3.05, 3.63) is 40.9 Å².